The second-order valence-corrected chi connectivity index (χ2v) is 4.58. The lowest BCUT2D eigenvalue weighted by Crippen LogP contribution is -2.18. The number of hydrogen-bond acceptors (Lipinski definition) is 4. The molecule has 2 rings (SSSR count). The Balaban J connectivity index is 2.35. The van der Waals surface area contributed by atoms with Crippen LogP contribution in [-0.2, 0) is 4.79 Å². The molecule has 0 aliphatic carbocycles. The van der Waals surface area contributed by atoms with E-state index in [1.54, 1.807) is 7.11 Å². The van der Waals surface area contributed by atoms with Crippen molar-refractivity contribution in [2.45, 2.75) is 6.92 Å². The fraction of sp³-hybridized carbons (Fsp3) is 0.167. The fourth-order valence-corrected chi connectivity index (χ4v) is 2.11. The fourth-order valence-electron chi connectivity index (χ4n) is 2.11. The Hall–Kier alpha value is -2.75. The zero-order valence-electron chi connectivity index (χ0n) is 12.5. The second-order valence-electron chi connectivity index (χ2n) is 4.58. The molecule has 0 radical (unpaired) electrons. The minimum Gasteiger partial charge on any atom is -0.545 e. The predicted molar refractivity (Wildman–Crippen MR) is 83.6 cm³/mol. The first-order chi connectivity index (χ1) is 10.6. The summed E-state index contributed by atoms with van der Waals surface area (Å²) in [5.41, 5.74) is 2.71. The van der Waals surface area contributed by atoms with Gasteiger partial charge in [-0.05, 0) is 47.9 Å². The molecule has 22 heavy (non-hydrogen) atoms. The van der Waals surface area contributed by atoms with Gasteiger partial charge in [-0.3, -0.25) is 0 Å². The second kappa shape index (κ2) is 7.31. The molecule has 0 atom stereocenters. The van der Waals surface area contributed by atoms with Gasteiger partial charge in [0, 0.05) is 0 Å². The van der Waals surface area contributed by atoms with Crippen molar-refractivity contribution in [2.75, 3.05) is 13.7 Å². The van der Waals surface area contributed by atoms with Gasteiger partial charge in [-0.1, -0.05) is 30.3 Å². The molecule has 0 fully saturated rings. The van der Waals surface area contributed by atoms with E-state index in [-0.39, 0.29) is 0 Å². The van der Waals surface area contributed by atoms with Crippen LogP contribution in [0.15, 0.2) is 48.5 Å². The van der Waals surface area contributed by atoms with Gasteiger partial charge >= 0.3 is 0 Å². The van der Waals surface area contributed by atoms with E-state index < -0.39 is 5.97 Å². The van der Waals surface area contributed by atoms with Gasteiger partial charge in [0.05, 0.1) is 19.7 Å². The summed E-state index contributed by atoms with van der Waals surface area (Å²) in [6.07, 6.45) is 2.52. The summed E-state index contributed by atoms with van der Waals surface area (Å²) < 4.78 is 10.8. The maximum atomic E-state index is 10.5. The van der Waals surface area contributed by atoms with Crippen LogP contribution in [0.4, 0.5) is 0 Å². The minimum absolute atomic E-state index is 0.569. The highest BCUT2D eigenvalue weighted by atomic mass is 16.5. The van der Waals surface area contributed by atoms with Gasteiger partial charge in [0.2, 0.25) is 0 Å². The number of carboxylic acids is 1. The van der Waals surface area contributed by atoms with Crippen LogP contribution >= 0.6 is 0 Å². The van der Waals surface area contributed by atoms with E-state index in [1.165, 1.54) is 6.08 Å². The molecule has 0 N–H and O–H groups in total. The Morgan fingerprint density at radius 2 is 1.91 bits per heavy atom. The van der Waals surface area contributed by atoms with Crippen molar-refractivity contribution in [3.05, 3.63) is 54.1 Å². The molecule has 0 bridgehead atoms. The van der Waals surface area contributed by atoms with Gasteiger partial charge in [-0.2, -0.15) is 0 Å². The first-order valence-corrected chi connectivity index (χ1v) is 6.94. The number of aliphatic carboxylic acids is 1. The standard InChI is InChI=1S/C18H18O4/c1-3-22-16-9-8-15(12-17(16)21-2)14-6-4-5-13(11-14)7-10-18(19)20/h4-12H,3H2,1-2H3,(H,19,20)/p-1/b10-7+. The molecule has 0 amide bonds. The van der Waals surface area contributed by atoms with E-state index in [9.17, 15) is 9.90 Å². The molecule has 0 aromatic heterocycles. The molecule has 0 spiro atoms. The molecule has 0 unspecified atom stereocenters. The Morgan fingerprint density at radius 3 is 2.59 bits per heavy atom. The monoisotopic (exact) mass is 297 g/mol. The summed E-state index contributed by atoms with van der Waals surface area (Å²) in [5, 5.41) is 10.5. The highest BCUT2D eigenvalue weighted by Gasteiger charge is 2.06. The van der Waals surface area contributed by atoms with Crippen LogP contribution in [0.2, 0.25) is 0 Å². The SMILES string of the molecule is CCOc1ccc(-c2cccc(/C=C/C(=O)[O-])c2)cc1OC. The minimum atomic E-state index is -1.21. The summed E-state index contributed by atoms with van der Waals surface area (Å²) in [7, 11) is 1.60. The lowest BCUT2D eigenvalue weighted by Gasteiger charge is -2.11. The first-order valence-electron chi connectivity index (χ1n) is 6.94. The number of ether oxygens (including phenoxy) is 2. The van der Waals surface area contributed by atoms with Crippen LogP contribution in [0.25, 0.3) is 17.2 Å². The van der Waals surface area contributed by atoms with E-state index in [4.69, 9.17) is 9.47 Å². The number of carbonyl (C=O) groups excluding carboxylic acids is 1. The predicted octanol–water partition coefficient (Wildman–Crippen LogP) is 2.52. The third kappa shape index (κ3) is 3.88. The molecule has 0 heterocycles. The molecule has 4 nitrogen and oxygen atoms in total. The van der Waals surface area contributed by atoms with E-state index in [0.29, 0.717) is 18.1 Å². The van der Waals surface area contributed by atoms with Gasteiger partial charge in [0.15, 0.2) is 11.5 Å². The average molecular weight is 297 g/mol. The summed E-state index contributed by atoms with van der Waals surface area (Å²) >= 11 is 0. The average Bonchev–Trinajstić information content (AvgIpc) is 2.54. The Labute approximate surface area is 129 Å². The number of carboxylic acid groups (broad SMARTS) is 1. The highest BCUT2D eigenvalue weighted by molar-refractivity contribution is 5.84. The lowest BCUT2D eigenvalue weighted by atomic mass is 10.0. The Kier molecular flexibility index (Phi) is 5.20. The van der Waals surface area contributed by atoms with Crippen LogP contribution in [0.5, 0.6) is 11.5 Å². The van der Waals surface area contributed by atoms with Crippen molar-refractivity contribution in [1.29, 1.82) is 0 Å². The van der Waals surface area contributed by atoms with Crippen LogP contribution in [0, 0.1) is 0 Å². The number of benzene rings is 2. The molecule has 0 aliphatic rings. The largest absolute Gasteiger partial charge is 0.545 e. The topological polar surface area (TPSA) is 58.6 Å². The van der Waals surface area contributed by atoms with E-state index in [1.807, 2.05) is 49.4 Å². The number of methoxy groups -OCH3 is 1. The Morgan fingerprint density at radius 1 is 1.14 bits per heavy atom. The van der Waals surface area contributed by atoms with Crippen molar-refractivity contribution in [3.8, 4) is 22.6 Å². The quantitative estimate of drug-likeness (QED) is 0.769. The van der Waals surface area contributed by atoms with Gasteiger partial charge < -0.3 is 19.4 Å². The van der Waals surface area contributed by atoms with Crippen molar-refractivity contribution >= 4 is 12.0 Å². The van der Waals surface area contributed by atoms with Crippen LogP contribution < -0.4 is 14.6 Å². The van der Waals surface area contributed by atoms with Crippen molar-refractivity contribution in [1.82, 2.24) is 0 Å². The molecule has 2 aromatic carbocycles. The first kappa shape index (κ1) is 15.6. The molecular weight excluding hydrogens is 280 g/mol. The smallest absolute Gasteiger partial charge is 0.161 e. The maximum Gasteiger partial charge on any atom is 0.161 e. The number of rotatable bonds is 6. The maximum absolute atomic E-state index is 10.5. The molecule has 2 aromatic rings. The van der Waals surface area contributed by atoms with Gasteiger partial charge in [-0.25, -0.2) is 0 Å². The summed E-state index contributed by atoms with van der Waals surface area (Å²) in [4.78, 5) is 10.5. The third-order valence-corrected chi connectivity index (χ3v) is 3.10. The number of carbonyl (C=O) groups is 1. The third-order valence-electron chi connectivity index (χ3n) is 3.10. The Bertz CT molecular complexity index is 689. The van der Waals surface area contributed by atoms with Crippen LogP contribution in [0.3, 0.4) is 0 Å². The van der Waals surface area contributed by atoms with E-state index in [2.05, 4.69) is 0 Å². The summed E-state index contributed by atoms with van der Waals surface area (Å²) in [6.45, 7) is 2.49. The van der Waals surface area contributed by atoms with Gasteiger partial charge in [0.1, 0.15) is 0 Å². The molecule has 0 saturated heterocycles. The van der Waals surface area contributed by atoms with Gasteiger partial charge in [-0.15, -0.1) is 0 Å². The van der Waals surface area contributed by atoms with Crippen molar-refractivity contribution in [2.24, 2.45) is 0 Å². The zero-order chi connectivity index (χ0) is 15.9. The van der Waals surface area contributed by atoms with Crippen LogP contribution in [-0.4, -0.2) is 19.7 Å². The molecular formula is C18H17O4-. The highest BCUT2D eigenvalue weighted by Crippen LogP contribution is 2.32. The van der Waals surface area contributed by atoms with Gasteiger partial charge in [0.25, 0.3) is 0 Å². The molecule has 0 saturated carbocycles. The summed E-state index contributed by atoms with van der Waals surface area (Å²) in [5.74, 6) is 0.143. The lowest BCUT2D eigenvalue weighted by molar-refractivity contribution is -0.297. The van der Waals surface area contributed by atoms with E-state index in [0.717, 1.165) is 22.8 Å². The molecule has 114 valence electrons. The molecule has 4 heteroatoms. The van der Waals surface area contributed by atoms with E-state index >= 15 is 0 Å². The summed E-state index contributed by atoms with van der Waals surface area (Å²) in [6, 6.07) is 13.2. The number of hydrogen-bond donors (Lipinski definition) is 0. The van der Waals surface area contributed by atoms with Crippen molar-refractivity contribution in [3.63, 3.8) is 0 Å². The van der Waals surface area contributed by atoms with Crippen molar-refractivity contribution < 1.29 is 19.4 Å². The normalized spacial score (nSPS) is 10.6. The molecule has 0 aliphatic heterocycles. The van der Waals surface area contributed by atoms with Crippen LogP contribution in [0.1, 0.15) is 12.5 Å². The zero-order valence-corrected chi connectivity index (χ0v) is 12.5.